The van der Waals surface area contributed by atoms with E-state index in [0.29, 0.717) is 36.5 Å². The number of nitrogens with two attached hydrogens (primary N) is 2. The lowest BCUT2D eigenvalue weighted by atomic mass is 10.0. The van der Waals surface area contributed by atoms with Gasteiger partial charge in [-0.25, -0.2) is 18.7 Å². The molecule has 4 N–H and O–H groups in total. The SMILES string of the molecule is Cc1cn2nc(-c3cc(N)c(/C=C(\N)C4=CCN(C(=O)OC(C)(C)C)CC4)c(F)c3)cc(C)c2n1. The lowest BCUT2D eigenvalue weighted by Crippen LogP contribution is -2.39. The number of allylic oxidation sites excluding steroid dienone is 1. The summed E-state index contributed by atoms with van der Waals surface area (Å²) in [5.74, 6) is -0.490. The number of ether oxygens (including phenoxy) is 1. The number of benzene rings is 1. The molecule has 0 fully saturated rings. The van der Waals surface area contributed by atoms with Gasteiger partial charge in [0.05, 0.1) is 17.6 Å². The number of carbonyl (C=O) groups is 1. The topological polar surface area (TPSA) is 112 Å². The van der Waals surface area contributed by atoms with E-state index in [1.54, 1.807) is 21.6 Å². The Morgan fingerprint density at radius 1 is 1.23 bits per heavy atom. The lowest BCUT2D eigenvalue weighted by molar-refractivity contribution is 0.0266. The maximum absolute atomic E-state index is 15.2. The number of fused-ring (bicyclic) bond motifs is 1. The molecule has 0 aliphatic carbocycles. The number of hydrogen-bond acceptors (Lipinski definition) is 6. The molecule has 2 aromatic heterocycles. The van der Waals surface area contributed by atoms with Crippen molar-refractivity contribution in [3.63, 3.8) is 0 Å². The molecule has 3 aromatic rings. The minimum Gasteiger partial charge on any atom is -0.444 e. The van der Waals surface area contributed by atoms with Crippen molar-refractivity contribution in [3.8, 4) is 11.3 Å². The molecule has 0 spiro atoms. The highest BCUT2D eigenvalue weighted by Gasteiger charge is 2.24. The molecule has 3 heterocycles. The lowest BCUT2D eigenvalue weighted by Gasteiger charge is -2.29. The molecule has 0 saturated heterocycles. The van der Waals surface area contributed by atoms with Crippen LogP contribution < -0.4 is 11.5 Å². The molecule has 0 bridgehead atoms. The highest BCUT2D eigenvalue weighted by Crippen LogP contribution is 2.29. The van der Waals surface area contributed by atoms with Gasteiger partial charge in [0.15, 0.2) is 5.65 Å². The second kappa shape index (κ2) is 9.05. The summed E-state index contributed by atoms with van der Waals surface area (Å²) in [5.41, 5.74) is 17.4. The minimum absolute atomic E-state index is 0.220. The number of nitrogen functional groups attached to an aromatic ring is 1. The van der Waals surface area contributed by atoms with Gasteiger partial charge in [0, 0.05) is 35.6 Å². The Kier molecular flexibility index (Phi) is 6.27. The summed E-state index contributed by atoms with van der Waals surface area (Å²) in [6.07, 6.45) is 5.40. The number of aryl methyl sites for hydroxylation is 2. The van der Waals surface area contributed by atoms with Crippen LogP contribution in [-0.4, -0.2) is 44.3 Å². The zero-order chi connectivity index (χ0) is 25.5. The third kappa shape index (κ3) is 5.29. The monoisotopic (exact) mass is 478 g/mol. The van der Waals surface area contributed by atoms with Crippen LogP contribution in [0.1, 0.15) is 44.0 Å². The number of amides is 1. The molecular formula is C26H31FN6O2. The molecule has 9 heteroatoms. The Morgan fingerprint density at radius 3 is 2.60 bits per heavy atom. The third-order valence-corrected chi connectivity index (χ3v) is 5.72. The third-order valence-electron chi connectivity index (χ3n) is 5.72. The van der Waals surface area contributed by atoms with Crippen molar-refractivity contribution in [1.29, 1.82) is 0 Å². The minimum atomic E-state index is -0.557. The van der Waals surface area contributed by atoms with Crippen molar-refractivity contribution >= 4 is 23.5 Å². The molecule has 8 nitrogen and oxygen atoms in total. The van der Waals surface area contributed by atoms with Gasteiger partial charge in [-0.3, -0.25) is 0 Å². The largest absolute Gasteiger partial charge is 0.444 e. The zero-order valence-electron chi connectivity index (χ0n) is 20.7. The smallest absolute Gasteiger partial charge is 0.410 e. The van der Waals surface area contributed by atoms with Crippen molar-refractivity contribution in [2.24, 2.45) is 5.73 Å². The molecule has 4 rings (SSSR count). The van der Waals surface area contributed by atoms with Gasteiger partial charge in [-0.2, -0.15) is 5.10 Å². The number of halogens is 1. The molecule has 1 aromatic carbocycles. The van der Waals surface area contributed by atoms with E-state index < -0.39 is 11.4 Å². The van der Waals surface area contributed by atoms with Gasteiger partial charge in [0.2, 0.25) is 0 Å². The first kappa shape index (κ1) is 24.3. The normalized spacial score (nSPS) is 14.9. The number of rotatable bonds is 3. The molecular weight excluding hydrogens is 447 g/mol. The van der Waals surface area contributed by atoms with E-state index in [-0.39, 0.29) is 17.3 Å². The average Bonchev–Trinajstić information content (AvgIpc) is 3.15. The van der Waals surface area contributed by atoms with Crippen LogP contribution in [0.3, 0.4) is 0 Å². The van der Waals surface area contributed by atoms with Crippen LogP contribution in [0, 0.1) is 19.7 Å². The van der Waals surface area contributed by atoms with Crippen LogP contribution >= 0.6 is 0 Å². The van der Waals surface area contributed by atoms with Crippen LogP contribution in [0.25, 0.3) is 23.0 Å². The molecule has 1 aliphatic heterocycles. The van der Waals surface area contributed by atoms with E-state index in [1.165, 1.54) is 6.07 Å². The Labute approximate surface area is 204 Å². The van der Waals surface area contributed by atoms with Crippen molar-refractivity contribution < 1.29 is 13.9 Å². The maximum atomic E-state index is 15.2. The maximum Gasteiger partial charge on any atom is 0.410 e. The quantitative estimate of drug-likeness (QED) is 0.532. The summed E-state index contributed by atoms with van der Waals surface area (Å²) in [4.78, 5) is 18.3. The Bertz CT molecular complexity index is 1340. The highest BCUT2D eigenvalue weighted by molar-refractivity contribution is 5.75. The zero-order valence-corrected chi connectivity index (χ0v) is 20.7. The number of hydrogen-bond donors (Lipinski definition) is 2. The fourth-order valence-electron chi connectivity index (χ4n) is 4.00. The van der Waals surface area contributed by atoms with Gasteiger partial charge >= 0.3 is 6.09 Å². The predicted molar refractivity (Wildman–Crippen MR) is 135 cm³/mol. The first-order chi connectivity index (χ1) is 16.4. The first-order valence-electron chi connectivity index (χ1n) is 11.5. The van der Waals surface area contributed by atoms with Crippen LogP contribution in [0.5, 0.6) is 0 Å². The van der Waals surface area contributed by atoms with Crippen molar-refractivity contribution in [2.75, 3.05) is 18.8 Å². The van der Waals surface area contributed by atoms with Crippen LogP contribution in [-0.2, 0) is 4.74 Å². The summed E-state index contributed by atoms with van der Waals surface area (Å²) in [7, 11) is 0. The second-order valence-corrected chi connectivity index (χ2v) is 9.83. The van der Waals surface area contributed by atoms with Gasteiger partial charge < -0.3 is 21.1 Å². The number of nitrogens with zero attached hydrogens (tertiary/aromatic N) is 4. The summed E-state index contributed by atoms with van der Waals surface area (Å²) in [6.45, 7) is 10.2. The van der Waals surface area contributed by atoms with Gasteiger partial charge in [-0.05, 0) is 76.5 Å². The van der Waals surface area contributed by atoms with Crippen LogP contribution in [0.15, 0.2) is 41.7 Å². The average molecular weight is 479 g/mol. The van der Waals surface area contributed by atoms with E-state index in [2.05, 4.69) is 10.1 Å². The Hall–Kier alpha value is -3.88. The molecule has 0 saturated carbocycles. The van der Waals surface area contributed by atoms with Gasteiger partial charge in [-0.1, -0.05) is 6.08 Å². The Morgan fingerprint density at radius 2 is 1.97 bits per heavy atom. The van der Waals surface area contributed by atoms with Crippen molar-refractivity contribution in [2.45, 2.75) is 46.6 Å². The molecule has 1 amide bonds. The van der Waals surface area contributed by atoms with Gasteiger partial charge in [0.25, 0.3) is 0 Å². The van der Waals surface area contributed by atoms with Gasteiger partial charge in [-0.15, -0.1) is 0 Å². The molecule has 35 heavy (non-hydrogen) atoms. The van der Waals surface area contributed by atoms with E-state index in [9.17, 15) is 4.79 Å². The Balaban J connectivity index is 1.56. The summed E-state index contributed by atoms with van der Waals surface area (Å²) in [6, 6.07) is 4.97. The summed E-state index contributed by atoms with van der Waals surface area (Å²) < 4.78 is 22.3. The number of carbonyl (C=O) groups excluding carboxylic acids is 1. The van der Waals surface area contributed by atoms with Gasteiger partial charge in [0.1, 0.15) is 11.4 Å². The van der Waals surface area contributed by atoms with E-state index in [4.69, 9.17) is 16.2 Å². The number of aromatic nitrogens is 3. The molecule has 184 valence electrons. The molecule has 0 radical (unpaired) electrons. The highest BCUT2D eigenvalue weighted by atomic mass is 19.1. The molecule has 1 aliphatic rings. The van der Waals surface area contributed by atoms with E-state index in [1.807, 2.05) is 53.0 Å². The number of anilines is 1. The predicted octanol–water partition coefficient (Wildman–Crippen LogP) is 4.60. The van der Waals surface area contributed by atoms with Crippen LogP contribution in [0.4, 0.5) is 14.9 Å². The molecule has 0 atom stereocenters. The van der Waals surface area contributed by atoms with Crippen molar-refractivity contribution in [3.05, 3.63) is 64.4 Å². The number of imidazole rings is 1. The summed E-state index contributed by atoms with van der Waals surface area (Å²) in [5, 5.41) is 4.56. The van der Waals surface area contributed by atoms with Crippen LogP contribution in [0.2, 0.25) is 0 Å². The fourth-order valence-corrected chi connectivity index (χ4v) is 4.00. The van der Waals surface area contributed by atoms with E-state index >= 15 is 4.39 Å². The second-order valence-electron chi connectivity index (χ2n) is 9.83. The van der Waals surface area contributed by atoms with E-state index in [0.717, 1.165) is 22.5 Å². The standard InChI is InChI=1S/C26H31FN6O2/c1-15-10-23(31-33-14-16(2)30-24(15)33)18-11-20(27)19(22(29)12-18)13-21(28)17-6-8-32(9-7-17)25(34)35-26(3,4)5/h6,10-14H,7-9,28-29H2,1-5H3/b21-13-. The fraction of sp³-hybridized carbons (Fsp3) is 0.346. The molecule has 0 unspecified atom stereocenters. The summed E-state index contributed by atoms with van der Waals surface area (Å²) >= 11 is 0. The van der Waals surface area contributed by atoms with Crippen molar-refractivity contribution in [1.82, 2.24) is 19.5 Å². The first-order valence-corrected chi connectivity index (χ1v) is 11.5.